The van der Waals surface area contributed by atoms with Crippen molar-refractivity contribution in [3.8, 4) is 15.4 Å². The molecule has 0 amide bonds. The molecular weight excluding hydrogens is 372 g/mol. The average molecular weight is 401 g/mol. The number of imidazole rings is 1. The maximum Gasteiger partial charge on any atom is 0.114 e. The van der Waals surface area contributed by atoms with Crippen molar-refractivity contribution in [3.63, 3.8) is 0 Å². The van der Waals surface area contributed by atoms with Crippen LogP contribution >= 0.6 is 23.1 Å². The van der Waals surface area contributed by atoms with Gasteiger partial charge in [0.25, 0.3) is 0 Å². The van der Waals surface area contributed by atoms with Gasteiger partial charge < -0.3 is 5.11 Å². The van der Waals surface area contributed by atoms with Gasteiger partial charge in [-0.3, -0.25) is 4.57 Å². The Labute approximate surface area is 170 Å². The summed E-state index contributed by atoms with van der Waals surface area (Å²) >= 11 is 3.47. The van der Waals surface area contributed by atoms with Crippen molar-refractivity contribution in [3.05, 3.63) is 53.6 Å². The van der Waals surface area contributed by atoms with E-state index in [1.165, 1.54) is 15.4 Å². The summed E-state index contributed by atoms with van der Waals surface area (Å²) < 4.78 is 2.26. The molecule has 5 heteroatoms. The maximum atomic E-state index is 9.49. The number of hydrogen-bond acceptors (Lipinski definition) is 4. The molecule has 1 N–H and O–H groups in total. The molecule has 0 atom stereocenters. The van der Waals surface area contributed by atoms with Gasteiger partial charge in [0.2, 0.25) is 0 Å². The van der Waals surface area contributed by atoms with Crippen LogP contribution in [0.3, 0.4) is 0 Å². The molecule has 3 aromatic rings. The van der Waals surface area contributed by atoms with Crippen LogP contribution in [0.1, 0.15) is 50.7 Å². The lowest BCUT2D eigenvalue weighted by Gasteiger charge is -2.08. The van der Waals surface area contributed by atoms with E-state index in [2.05, 4.69) is 69.0 Å². The van der Waals surface area contributed by atoms with E-state index in [1.807, 2.05) is 6.07 Å². The summed E-state index contributed by atoms with van der Waals surface area (Å²) in [6, 6.07) is 10.7. The van der Waals surface area contributed by atoms with Crippen LogP contribution in [0.4, 0.5) is 0 Å². The van der Waals surface area contributed by atoms with Crippen molar-refractivity contribution in [2.75, 3.05) is 6.26 Å². The number of nitrogens with zero attached hydrogens (tertiary/aromatic N) is 2. The molecule has 3 nitrogen and oxygen atoms in total. The van der Waals surface area contributed by atoms with Crippen LogP contribution in [-0.2, 0) is 13.0 Å². The van der Waals surface area contributed by atoms with Crippen LogP contribution in [0.2, 0.25) is 0 Å². The van der Waals surface area contributed by atoms with Crippen molar-refractivity contribution in [1.82, 2.24) is 9.55 Å². The number of rotatable bonds is 7. The minimum atomic E-state index is 0.0811. The molecular formula is C22H28N2OS2. The zero-order chi connectivity index (χ0) is 19.6. The number of aliphatic hydroxyl groups excluding tert-OH is 1. The predicted molar refractivity (Wildman–Crippen MR) is 117 cm³/mol. The third-order valence-corrected chi connectivity index (χ3v) is 6.50. The van der Waals surface area contributed by atoms with Crippen LogP contribution < -0.4 is 0 Å². The molecule has 0 saturated carbocycles. The molecule has 2 aromatic heterocycles. The SMILES string of the molecule is CSc1cc(-c2ccc(-n3cc(C(C)C)nc3CC(C)C)s2)ccc1CO. The summed E-state index contributed by atoms with van der Waals surface area (Å²) in [4.78, 5) is 7.27. The molecule has 27 heavy (non-hydrogen) atoms. The predicted octanol–water partition coefficient (Wildman–Crippen LogP) is 6.14. The second-order valence-corrected chi connectivity index (χ2v) is 9.44. The molecule has 0 spiro atoms. The zero-order valence-electron chi connectivity index (χ0n) is 16.7. The molecule has 0 radical (unpaired) electrons. The van der Waals surface area contributed by atoms with Gasteiger partial charge in [-0.25, -0.2) is 4.98 Å². The first-order valence-electron chi connectivity index (χ1n) is 9.39. The van der Waals surface area contributed by atoms with Crippen LogP contribution in [-0.4, -0.2) is 20.9 Å². The van der Waals surface area contributed by atoms with E-state index >= 15 is 0 Å². The largest absolute Gasteiger partial charge is 0.392 e. The Morgan fingerprint density at radius 2 is 1.93 bits per heavy atom. The van der Waals surface area contributed by atoms with Gasteiger partial charge in [0.05, 0.1) is 12.3 Å². The molecule has 0 unspecified atom stereocenters. The number of thioether (sulfide) groups is 1. The fourth-order valence-electron chi connectivity index (χ4n) is 3.06. The lowest BCUT2D eigenvalue weighted by molar-refractivity contribution is 0.279. The lowest BCUT2D eigenvalue weighted by atomic mass is 10.1. The fraction of sp³-hybridized carbons (Fsp3) is 0.409. The van der Waals surface area contributed by atoms with Gasteiger partial charge in [-0.05, 0) is 47.4 Å². The quantitative estimate of drug-likeness (QED) is 0.484. The molecule has 1 aromatic carbocycles. The number of aliphatic hydroxyl groups is 1. The molecule has 0 aliphatic heterocycles. The minimum Gasteiger partial charge on any atom is -0.392 e. The molecule has 0 aliphatic rings. The Balaban J connectivity index is 1.98. The van der Waals surface area contributed by atoms with Gasteiger partial charge in [-0.15, -0.1) is 23.1 Å². The van der Waals surface area contributed by atoms with Crippen LogP contribution in [0.5, 0.6) is 0 Å². The summed E-state index contributed by atoms with van der Waals surface area (Å²) in [5.41, 5.74) is 3.33. The summed E-state index contributed by atoms with van der Waals surface area (Å²) in [7, 11) is 0. The van der Waals surface area contributed by atoms with Crippen LogP contribution in [0.25, 0.3) is 15.4 Å². The highest BCUT2D eigenvalue weighted by Crippen LogP contribution is 2.34. The highest BCUT2D eigenvalue weighted by molar-refractivity contribution is 7.98. The monoisotopic (exact) mass is 400 g/mol. The molecule has 3 rings (SSSR count). The highest BCUT2D eigenvalue weighted by Gasteiger charge is 2.15. The second-order valence-electron chi connectivity index (χ2n) is 7.53. The molecule has 0 bridgehead atoms. The van der Waals surface area contributed by atoms with Gasteiger partial charge in [0, 0.05) is 22.4 Å². The first-order chi connectivity index (χ1) is 12.9. The fourth-order valence-corrected chi connectivity index (χ4v) is 4.70. The Kier molecular flexibility index (Phi) is 6.45. The maximum absolute atomic E-state index is 9.49. The minimum absolute atomic E-state index is 0.0811. The van der Waals surface area contributed by atoms with Crippen LogP contribution in [0, 0.1) is 5.92 Å². The highest BCUT2D eigenvalue weighted by atomic mass is 32.2. The van der Waals surface area contributed by atoms with E-state index in [-0.39, 0.29) is 6.61 Å². The Morgan fingerprint density at radius 1 is 1.15 bits per heavy atom. The molecule has 0 fully saturated rings. The smallest absolute Gasteiger partial charge is 0.114 e. The first-order valence-corrected chi connectivity index (χ1v) is 11.4. The van der Waals surface area contributed by atoms with E-state index in [9.17, 15) is 5.11 Å². The third kappa shape index (κ3) is 4.48. The van der Waals surface area contributed by atoms with E-state index in [0.717, 1.165) is 28.4 Å². The Hall–Kier alpha value is -1.56. The van der Waals surface area contributed by atoms with Crippen molar-refractivity contribution < 1.29 is 5.11 Å². The van der Waals surface area contributed by atoms with E-state index < -0.39 is 0 Å². The normalized spacial score (nSPS) is 11.7. The summed E-state index contributed by atoms with van der Waals surface area (Å²) in [6.07, 6.45) is 5.22. The van der Waals surface area contributed by atoms with Crippen molar-refractivity contribution in [1.29, 1.82) is 0 Å². The van der Waals surface area contributed by atoms with E-state index in [4.69, 9.17) is 4.98 Å². The summed E-state index contributed by atoms with van der Waals surface area (Å²) in [5, 5.41) is 10.7. The van der Waals surface area contributed by atoms with Gasteiger partial charge in [-0.1, -0.05) is 39.8 Å². The first kappa shape index (κ1) is 20.2. The van der Waals surface area contributed by atoms with Gasteiger partial charge in [0.15, 0.2) is 0 Å². The number of benzene rings is 1. The number of thiophene rings is 1. The van der Waals surface area contributed by atoms with Gasteiger partial charge in [0.1, 0.15) is 10.8 Å². The molecule has 0 aliphatic carbocycles. The third-order valence-electron chi connectivity index (χ3n) is 4.55. The summed E-state index contributed by atoms with van der Waals surface area (Å²) in [6.45, 7) is 8.94. The number of hydrogen-bond donors (Lipinski definition) is 1. The van der Waals surface area contributed by atoms with Crippen molar-refractivity contribution >= 4 is 23.1 Å². The lowest BCUT2D eigenvalue weighted by Crippen LogP contribution is -2.03. The molecule has 144 valence electrons. The average Bonchev–Trinajstić information content (AvgIpc) is 3.27. The van der Waals surface area contributed by atoms with E-state index in [1.54, 1.807) is 23.1 Å². The topological polar surface area (TPSA) is 38.0 Å². The van der Waals surface area contributed by atoms with Crippen LogP contribution in [0.15, 0.2) is 41.4 Å². The van der Waals surface area contributed by atoms with E-state index in [0.29, 0.717) is 11.8 Å². The van der Waals surface area contributed by atoms with Crippen molar-refractivity contribution in [2.45, 2.75) is 51.5 Å². The van der Waals surface area contributed by atoms with Gasteiger partial charge >= 0.3 is 0 Å². The summed E-state index contributed by atoms with van der Waals surface area (Å²) in [5.74, 6) is 2.13. The molecule has 2 heterocycles. The molecule has 0 saturated heterocycles. The Morgan fingerprint density at radius 3 is 2.56 bits per heavy atom. The zero-order valence-corrected chi connectivity index (χ0v) is 18.3. The Bertz CT molecular complexity index is 909. The number of aromatic nitrogens is 2. The standard InChI is InChI=1S/C22H28N2OS2/c1-14(2)10-21-23-18(15(3)4)12-24(21)22-9-8-19(27-22)16-6-7-17(13-25)20(11-16)26-5/h6-9,11-12,14-15,25H,10,13H2,1-5H3. The van der Waals surface area contributed by atoms with Crippen molar-refractivity contribution in [2.24, 2.45) is 5.92 Å². The second kappa shape index (κ2) is 8.63. The van der Waals surface area contributed by atoms with Gasteiger partial charge in [-0.2, -0.15) is 0 Å².